The molecule has 0 radical (unpaired) electrons. The maximum Gasteiger partial charge on any atom is 0.0826 e. The molecule has 1 aromatic rings. The first-order chi connectivity index (χ1) is 7.84. The Morgan fingerprint density at radius 2 is 2.50 bits per heavy atom. The number of aromatic nitrogens is 2. The summed E-state index contributed by atoms with van der Waals surface area (Å²) in [4.78, 5) is 2.31. The zero-order valence-corrected chi connectivity index (χ0v) is 9.80. The maximum atomic E-state index is 5.66. The lowest BCUT2D eigenvalue weighted by atomic mass is 10.3. The molecule has 1 aliphatic rings. The van der Waals surface area contributed by atoms with Crippen LogP contribution in [0.1, 0.15) is 0 Å². The second kappa shape index (κ2) is 5.98. The second-order valence-electron chi connectivity index (χ2n) is 4.23. The van der Waals surface area contributed by atoms with Crippen molar-refractivity contribution in [2.45, 2.75) is 12.6 Å². The van der Waals surface area contributed by atoms with Crippen molar-refractivity contribution in [2.75, 3.05) is 39.8 Å². The Morgan fingerprint density at radius 3 is 3.25 bits per heavy atom. The van der Waals surface area contributed by atoms with Gasteiger partial charge in [-0.1, -0.05) is 0 Å². The standard InChI is InChI=1S/C11H20N4O/c1-14-7-8-16-11(10-14)9-12-4-6-15-5-2-3-13-15/h2-3,5,11-12H,4,6-10H2,1H3. The number of likely N-dealkylation sites (N-methyl/N-ethyl adjacent to an activating group) is 1. The molecule has 1 fully saturated rings. The monoisotopic (exact) mass is 224 g/mol. The van der Waals surface area contributed by atoms with Crippen LogP contribution in [0, 0.1) is 0 Å². The SMILES string of the molecule is CN1CCOC(CNCCn2cccn2)C1. The van der Waals surface area contributed by atoms with Gasteiger partial charge in [-0.3, -0.25) is 4.68 Å². The van der Waals surface area contributed by atoms with Crippen LogP contribution >= 0.6 is 0 Å². The van der Waals surface area contributed by atoms with E-state index in [2.05, 4.69) is 22.4 Å². The van der Waals surface area contributed by atoms with E-state index in [1.165, 1.54) is 0 Å². The Labute approximate surface area is 96.4 Å². The fourth-order valence-corrected chi connectivity index (χ4v) is 1.88. The van der Waals surface area contributed by atoms with Crippen LogP contribution in [0.5, 0.6) is 0 Å². The molecule has 1 aliphatic heterocycles. The molecule has 2 rings (SSSR count). The zero-order chi connectivity index (χ0) is 11.2. The third-order valence-corrected chi connectivity index (χ3v) is 2.79. The van der Waals surface area contributed by atoms with Crippen LogP contribution in [-0.4, -0.2) is 60.6 Å². The van der Waals surface area contributed by atoms with Crippen LogP contribution in [0.15, 0.2) is 18.5 Å². The number of rotatable bonds is 5. The summed E-state index contributed by atoms with van der Waals surface area (Å²) in [5, 5.41) is 7.55. The Bertz CT molecular complexity index is 288. The molecule has 5 nitrogen and oxygen atoms in total. The molecular weight excluding hydrogens is 204 g/mol. The van der Waals surface area contributed by atoms with Gasteiger partial charge >= 0.3 is 0 Å². The third kappa shape index (κ3) is 3.59. The van der Waals surface area contributed by atoms with Crippen molar-refractivity contribution in [3.8, 4) is 0 Å². The molecule has 16 heavy (non-hydrogen) atoms. The minimum Gasteiger partial charge on any atom is -0.374 e. The molecule has 0 saturated carbocycles. The first-order valence-corrected chi connectivity index (χ1v) is 5.83. The molecule has 0 aromatic carbocycles. The quantitative estimate of drug-likeness (QED) is 0.704. The smallest absolute Gasteiger partial charge is 0.0826 e. The minimum atomic E-state index is 0.330. The Morgan fingerprint density at radius 1 is 1.56 bits per heavy atom. The largest absolute Gasteiger partial charge is 0.374 e. The van der Waals surface area contributed by atoms with E-state index in [1.807, 2.05) is 16.9 Å². The molecule has 90 valence electrons. The third-order valence-electron chi connectivity index (χ3n) is 2.79. The van der Waals surface area contributed by atoms with E-state index in [-0.39, 0.29) is 0 Å². The first-order valence-electron chi connectivity index (χ1n) is 5.83. The van der Waals surface area contributed by atoms with Crippen LogP contribution in [0.2, 0.25) is 0 Å². The number of nitrogens with one attached hydrogen (secondary N) is 1. The average Bonchev–Trinajstić information content (AvgIpc) is 2.77. The highest BCUT2D eigenvalue weighted by molar-refractivity contribution is 4.78. The van der Waals surface area contributed by atoms with E-state index in [1.54, 1.807) is 6.20 Å². The Kier molecular flexibility index (Phi) is 4.33. The van der Waals surface area contributed by atoms with Crippen LogP contribution < -0.4 is 5.32 Å². The summed E-state index contributed by atoms with van der Waals surface area (Å²) in [6, 6.07) is 1.94. The van der Waals surface area contributed by atoms with Crippen molar-refractivity contribution in [3.63, 3.8) is 0 Å². The molecule has 0 spiro atoms. The molecule has 1 N–H and O–H groups in total. The Balaban J connectivity index is 1.57. The minimum absolute atomic E-state index is 0.330. The van der Waals surface area contributed by atoms with Crippen LogP contribution in [0.4, 0.5) is 0 Å². The van der Waals surface area contributed by atoms with Gasteiger partial charge in [0.15, 0.2) is 0 Å². The van der Waals surface area contributed by atoms with Crippen LogP contribution in [-0.2, 0) is 11.3 Å². The van der Waals surface area contributed by atoms with Gasteiger partial charge in [0.1, 0.15) is 0 Å². The highest BCUT2D eigenvalue weighted by Gasteiger charge is 2.16. The average molecular weight is 224 g/mol. The first kappa shape index (κ1) is 11.6. The summed E-state index contributed by atoms with van der Waals surface area (Å²) in [5.41, 5.74) is 0. The lowest BCUT2D eigenvalue weighted by Gasteiger charge is -2.30. The van der Waals surface area contributed by atoms with Gasteiger partial charge in [-0.2, -0.15) is 5.10 Å². The molecule has 1 atom stereocenters. The molecular formula is C11H20N4O. The summed E-state index contributed by atoms with van der Waals surface area (Å²) < 4.78 is 7.59. The lowest BCUT2D eigenvalue weighted by Crippen LogP contribution is -2.45. The van der Waals surface area contributed by atoms with Crippen molar-refractivity contribution in [1.29, 1.82) is 0 Å². The topological polar surface area (TPSA) is 42.3 Å². The maximum absolute atomic E-state index is 5.66. The number of nitrogens with zero attached hydrogens (tertiary/aromatic N) is 3. The molecule has 2 heterocycles. The van der Waals surface area contributed by atoms with Gasteiger partial charge < -0.3 is 15.0 Å². The van der Waals surface area contributed by atoms with Crippen molar-refractivity contribution >= 4 is 0 Å². The van der Waals surface area contributed by atoms with Gasteiger partial charge in [0.05, 0.1) is 19.3 Å². The molecule has 0 bridgehead atoms. The highest BCUT2D eigenvalue weighted by Crippen LogP contribution is 2.01. The number of hydrogen-bond donors (Lipinski definition) is 1. The molecule has 1 aromatic heterocycles. The van der Waals surface area contributed by atoms with Gasteiger partial charge in [0, 0.05) is 38.6 Å². The highest BCUT2D eigenvalue weighted by atomic mass is 16.5. The van der Waals surface area contributed by atoms with Crippen LogP contribution in [0.25, 0.3) is 0 Å². The fraction of sp³-hybridized carbons (Fsp3) is 0.727. The van der Waals surface area contributed by atoms with E-state index in [9.17, 15) is 0 Å². The van der Waals surface area contributed by atoms with E-state index in [0.717, 1.165) is 39.3 Å². The van der Waals surface area contributed by atoms with E-state index in [0.29, 0.717) is 6.10 Å². The number of hydrogen-bond acceptors (Lipinski definition) is 4. The normalized spacial score (nSPS) is 22.4. The zero-order valence-electron chi connectivity index (χ0n) is 9.80. The van der Waals surface area contributed by atoms with E-state index >= 15 is 0 Å². The molecule has 0 amide bonds. The van der Waals surface area contributed by atoms with Crippen molar-refractivity contribution < 1.29 is 4.74 Å². The summed E-state index contributed by atoms with van der Waals surface area (Å²) in [6.45, 7) is 5.69. The van der Waals surface area contributed by atoms with E-state index < -0.39 is 0 Å². The molecule has 0 aliphatic carbocycles. The number of ether oxygens (including phenoxy) is 1. The lowest BCUT2D eigenvalue weighted by molar-refractivity contribution is -0.0180. The predicted molar refractivity (Wildman–Crippen MR) is 62.3 cm³/mol. The molecule has 1 saturated heterocycles. The van der Waals surface area contributed by atoms with Crippen molar-refractivity contribution in [1.82, 2.24) is 20.0 Å². The van der Waals surface area contributed by atoms with Gasteiger partial charge in [-0.05, 0) is 13.1 Å². The number of morpholine rings is 1. The molecule has 5 heteroatoms. The van der Waals surface area contributed by atoms with Gasteiger partial charge in [0.25, 0.3) is 0 Å². The van der Waals surface area contributed by atoms with Crippen molar-refractivity contribution in [2.24, 2.45) is 0 Å². The summed E-state index contributed by atoms with van der Waals surface area (Å²) >= 11 is 0. The summed E-state index contributed by atoms with van der Waals surface area (Å²) in [6.07, 6.45) is 4.11. The second-order valence-corrected chi connectivity index (χ2v) is 4.23. The predicted octanol–water partition coefficient (Wildman–Crippen LogP) is -0.197. The van der Waals surface area contributed by atoms with Gasteiger partial charge in [0.2, 0.25) is 0 Å². The fourth-order valence-electron chi connectivity index (χ4n) is 1.88. The summed E-state index contributed by atoms with van der Waals surface area (Å²) in [5.74, 6) is 0. The molecule has 1 unspecified atom stereocenters. The van der Waals surface area contributed by atoms with Gasteiger partial charge in [-0.15, -0.1) is 0 Å². The van der Waals surface area contributed by atoms with Crippen molar-refractivity contribution in [3.05, 3.63) is 18.5 Å². The Hall–Kier alpha value is -0.910. The van der Waals surface area contributed by atoms with E-state index in [4.69, 9.17) is 4.74 Å². The summed E-state index contributed by atoms with van der Waals surface area (Å²) in [7, 11) is 2.14. The van der Waals surface area contributed by atoms with Crippen LogP contribution in [0.3, 0.4) is 0 Å². The van der Waals surface area contributed by atoms with Gasteiger partial charge in [-0.25, -0.2) is 0 Å².